The molecule has 0 aliphatic heterocycles. The Morgan fingerprint density at radius 2 is 1.72 bits per heavy atom. The molecule has 0 saturated heterocycles. The Morgan fingerprint density at radius 1 is 1.06 bits per heavy atom. The average molecular weight is 243 g/mol. The number of para-hydroxylation sites is 2. The summed E-state index contributed by atoms with van der Waals surface area (Å²) in [6.07, 6.45) is 0. The highest BCUT2D eigenvalue weighted by molar-refractivity contribution is 5.89. The van der Waals surface area contributed by atoms with Gasteiger partial charge in [-0.05, 0) is 36.4 Å². The molecule has 0 bridgehead atoms. The number of nitrogen functional groups attached to an aromatic ring is 1. The molecule has 2 rings (SSSR count). The zero-order valence-corrected chi connectivity index (χ0v) is 9.92. The van der Waals surface area contributed by atoms with Crippen molar-refractivity contribution in [3.05, 3.63) is 54.1 Å². The van der Waals surface area contributed by atoms with Crippen LogP contribution in [0.15, 0.2) is 48.5 Å². The topological polar surface area (TPSA) is 61.5 Å². The molecule has 0 saturated carbocycles. The lowest BCUT2D eigenvalue weighted by Gasteiger charge is -2.08. The van der Waals surface area contributed by atoms with Crippen molar-refractivity contribution in [1.29, 1.82) is 0 Å². The van der Waals surface area contributed by atoms with Gasteiger partial charge in [0, 0.05) is 0 Å². The Hall–Kier alpha value is -2.49. The normalized spacial score (nSPS) is 9.83. The maximum atomic E-state index is 11.3. The first kappa shape index (κ1) is 12.0. The van der Waals surface area contributed by atoms with E-state index in [-0.39, 0.29) is 5.97 Å². The summed E-state index contributed by atoms with van der Waals surface area (Å²) < 4.78 is 10.2. The van der Waals surface area contributed by atoms with Crippen LogP contribution in [0.3, 0.4) is 0 Å². The SMILES string of the molecule is COC(=O)c1ccc(Oc2ccccc2N)cc1. The van der Waals surface area contributed by atoms with E-state index < -0.39 is 0 Å². The zero-order chi connectivity index (χ0) is 13.0. The lowest BCUT2D eigenvalue weighted by atomic mass is 10.2. The van der Waals surface area contributed by atoms with Crippen molar-refractivity contribution in [3.8, 4) is 11.5 Å². The number of methoxy groups -OCH3 is 1. The quantitative estimate of drug-likeness (QED) is 0.665. The van der Waals surface area contributed by atoms with Crippen LogP contribution >= 0.6 is 0 Å². The Morgan fingerprint density at radius 3 is 2.33 bits per heavy atom. The molecule has 0 amide bonds. The Kier molecular flexibility index (Phi) is 3.48. The van der Waals surface area contributed by atoms with E-state index in [9.17, 15) is 4.79 Å². The van der Waals surface area contributed by atoms with E-state index in [4.69, 9.17) is 10.5 Å². The molecule has 0 radical (unpaired) electrons. The lowest BCUT2D eigenvalue weighted by Crippen LogP contribution is -2.00. The largest absolute Gasteiger partial charge is 0.465 e. The van der Waals surface area contributed by atoms with Gasteiger partial charge in [-0.25, -0.2) is 4.79 Å². The van der Waals surface area contributed by atoms with Crippen LogP contribution in [0.4, 0.5) is 5.69 Å². The molecule has 18 heavy (non-hydrogen) atoms. The minimum atomic E-state index is -0.374. The highest BCUT2D eigenvalue weighted by atomic mass is 16.5. The van der Waals surface area contributed by atoms with E-state index in [1.807, 2.05) is 12.1 Å². The molecule has 4 nitrogen and oxygen atoms in total. The summed E-state index contributed by atoms with van der Waals surface area (Å²) in [6.45, 7) is 0. The lowest BCUT2D eigenvalue weighted by molar-refractivity contribution is 0.0600. The van der Waals surface area contributed by atoms with Gasteiger partial charge in [-0.2, -0.15) is 0 Å². The number of rotatable bonds is 3. The Balaban J connectivity index is 2.16. The molecule has 0 fully saturated rings. The second-order valence-corrected chi connectivity index (χ2v) is 3.66. The predicted octanol–water partition coefficient (Wildman–Crippen LogP) is 2.85. The molecule has 0 unspecified atom stereocenters. The second-order valence-electron chi connectivity index (χ2n) is 3.66. The maximum Gasteiger partial charge on any atom is 0.337 e. The summed E-state index contributed by atoms with van der Waals surface area (Å²) in [5, 5.41) is 0. The Bertz CT molecular complexity index is 549. The fourth-order valence-corrected chi connectivity index (χ4v) is 1.48. The standard InChI is InChI=1S/C14H13NO3/c1-17-14(16)10-6-8-11(9-7-10)18-13-5-3-2-4-12(13)15/h2-9H,15H2,1H3. The molecule has 0 aromatic heterocycles. The fourth-order valence-electron chi connectivity index (χ4n) is 1.48. The van der Waals surface area contributed by atoms with Crippen LogP contribution in [0.1, 0.15) is 10.4 Å². The van der Waals surface area contributed by atoms with Crippen LogP contribution in [-0.4, -0.2) is 13.1 Å². The van der Waals surface area contributed by atoms with Gasteiger partial charge in [-0.1, -0.05) is 12.1 Å². The third kappa shape index (κ3) is 2.60. The highest BCUT2D eigenvalue weighted by Crippen LogP contribution is 2.26. The van der Waals surface area contributed by atoms with Gasteiger partial charge in [-0.15, -0.1) is 0 Å². The van der Waals surface area contributed by atoms with Gasteiger partial charge in [0.15, 0.2) is 0 Å². The number of ether oxygens (including phenoxy) is 2. The monoisotopic (exact) mass is 243 g/mol. The Labute approximate surface area is 105 Å². The number of hydrogen-bond acceptors (Lipinski definition) is 4. The van der Waals surface area contributed by atoms with Gasteiger partial charge in [0.1, 0.15) is 11.5 Å². The van der Waals surface area contributed by atoms with E-state index in [2.05, 4.69) is 4.74 Å². The summed E-state index contributed by atoms with van der Waals surface area (Å²) in [4.78, 5) is 11.3. The molecule has 0 atom stereocenters. The summed E-state index contributed by atoms with van der Waals surface area (Å²) in [7, 11) is 1.34. The number of benzene rings is 2. The van der Waals surface area contributed by atoms with Crippen LogP contribution in [0.2, 0.25) is 0 Å². The zero-order valence-electron chi connectivity index (χ0n) is 9.92. The van der Waals surface area contributed by atoms with Gasteiger partial charge in [-0.3, -0.25) is 0 Å². The third-order valence-electron chi connectivity index (χ3n) is 2.42. The maximum absolute atomic E-state index is 11.3. The van der Waals surface area contributed by atoms with Crippen molar-refractivity contribution in [2.45, 2.75) is 0 Å². The van der Waals surface area contributed by atoms with Crippen LogP contribution in [0.25, 0.3) is 0 Å². The van der Waals surface area contributed by atoms with Crippen molar-refractivity contribution in [1.82, 2.24) is 0 Å². The van der Waals surface area contributed by atoms with Gasteiger partial charge in [0.05, 0.1) is 18.4 Å². The fraction of sp³-hybridized carbons (Fsp3) is 0.0714. The molecule has 4 heteroatoms. The van der Waals surface area contributed by atoms with E-state index in [0.29, 0.717) is 22.7 Å². The van der Waals surface area contributed by atoms with Crippen molar-refractivity contribution >= 4 is 11.7 Å². The summed E-state index contributed by atoms with van der Waals surface area (Å²) >= 11 is 0. The molecular formula is C14H13NO3. The summed E-state index contributed by atoms with van der Waals surface area (Å²) in [6, 6.07) is 13.9. The molecular weight excluding hydrogens is 230 g/mol. The number of nitrogens with two attached hydrogens (primary N) is 1. The van der Waals surface area contributed by atoms with E-state index in [1.165, 1.54) is 7.11 Å². The first-order chi connectivity index (χ1) is 8.70. The van der Waals surface area contributed by atoms with Gasteiger partial charge in [0.2, 0.25) is 0 Å². The van der Waals surface area contributed by atoms with Gasteiger partial charge in [0.25, 0.3) is 0 Å². The van der Waals surface area contributed by atoms with E-state index in [0.717, 1.165) is 0 Å². The molecule has 0 aliphatic carbocycles. The van der Waals surface area contributed by atoms with Crippen molar-refractivity contribution in [2.75, 3.05) is 12.8 Å². The summed E-state index contributed by atoms with van der Waals surface area (Å²) in [5.74, 6) is 0.824. The molecule has 0 spiro atoms. The smallest absolute Gasteiger partial charge is 0.337 e. The van der Waals surface area contributed by atoms with E-state index >= 15 is 0 Å². The first-order valence-corrected chi connectivity index (χ1v) is 5.41. The van der Waals surface area contributed by atoms with Gasteiger partial charge >= 0.3 is 5.97 Å². The van der Waals surface area contributed by atoms with Crippen LogP contribution in [-0.2, 0) is 4.74 Å². The molecule has 0 heterocycles. The molecule has 2 aromatic rings. The minimum Gasteiger partial charge on any atom is -0.465 e. The third-order valence-corrected chi connectivity index (χ3v) is 2.42. The van der Waals surface area contributed by atoms with Crippen LogP contribution < -0.4 is 10.5 Å². The predicted molar refractivity (Wildman–Crippen MR) is 68.7 cm³/mol. The van der Waals surface area contributed by atoms with Crippen molar-refractivity contribution in [3.63, 3.8) is 0 Å². The van der Waals surface area contributed by atoms with Crippen LogP contribution in [0.5, 0.6) is 11.5 Å². The molecule has 2 aromatic carbocycles. The number of esters is 1. The molecule has 92 valence electrons. The number of anilines is 1. The highest BCUT2D eigenvalue weighted by Gasteiger charge is 2.05. The van der Waals surface area contributed by atoms with Crippen molar-refractivity contribution < 1.29 is 14.3 Å². The molecule has 2 N–H and O–H groups in total. The average Bonchev–Trinajstić information content (AvgIpc) is 2.41. The number of hydrogen-bond donors (Lipinski definition) is 1. The minimum absolute atomic E-state index is 0.374. The van der Waals surface area contributed by atoms with E-state index in [1.54, 1.807) is 36.4 Å². The van der Waals surface area contributed by atoms with Crippen molar-refractivity contribution in [2.24, 2.45) is 0 Å². The van der Waals surface area contributed by atoms with Crippen LogP contribution in [0, 0.1) is 0 Å². The van der Waals surface area contributed by atoms with Gasteiger partial charge < -0.3 is 15.2 Å². The number of carbonyl (C=O) groups is 1. The first-order valence-electron chi connectivity index (χ1n) is 5.41. The molecule has 0 aliphatic rings. The summed E-state index contributed by atoms with van der Waals surface area (Å²) in [5.41, 5.74) is 6.81. The number of carbonyl (C=O) groups excluding carboxylic acids is 1. The second kappa shape index (κ2) is 5.23.